The third-order valence-corrected chi connectivity index (χ3v) is 3.09. The number of nitrogens with one attached hydrogen (secondary N) is 1. The molecule has 0 saturated heterocycles. The maximum absolute atomic E-state index is 13.2. The highest BCUT2D eigenvalue weighted by Gasteiger charge is 2.08. The Kier molecular flexibility index (Phi) is 3.82. The monoisotopic (exact) mass is 254 g/mol. The Hall–Kier alpha value is -2.34. The molecule has 0 heterocycles. The summed E-state index contributed by atoms with van der Waals surface area (Å²) < 4.78 is 13.2. The van der Waals surface area contributed by atoms with Crippen molar-refractivity contribution in [1.29, 1.82) is 5.26 Å². The molecule has 1 atom stereocenters. The van der Waals surface area contributed by atoms with Gasteiger partial charge in [-0.3, -0.25) is 0 Å². The average Bonchev–Trinajstić information content (AvgIpc) is 2.41. The van der Waals surface area contributed by atoms with Gasteiger partial charge in [-0.1, -0.05) is 18.2 Å². The van der Waals surface area contributed by atoms with E-state index in [1.54, 1.807) is 12.1 Å². The maximum Gasteiger partial charge on any atom is 0.123 e. The molecule has 2 rings (SSSR count). The molecule has 3 heteroatoms. The second kappa shape index (κ2) is 5.53. The van der Waals surface area contributed by atoms with Gasteiger partial charge in [-0.25, -0.2) is 4.39 Å². The van der Waals surface area contributed by atoms with Gasteiger partial charge in [0.05, 0.1) is 11.6 Å². The fraction of sp³-hybridized carbons (Fsp3) is 0.188. The van der Waals surface area contributed by atoms with Crippen molar-refractivity contribution in [1.82, 2.24) is 0 Å². The van der Waals surface area contributed by atoms with Gasteiger partial charge in [-0.2, -0.15) is 5.26 Å². The molecule has 0 aromatic heterocycles. The number of nitriles is 1. The molecule has 0 aliphatic heterocycles. The molecule has 2 aromatic rings. The van der Waals surface area contributed by atoms with Gasteiger partial charge in [-0.15, -0.1) is 0 Å². The second-order valence-electron chi connectivity index (χ2n) is 4.56. The van der Waals surface area contributed by atoms with Gasteiger partial charge in [0.2, 0.25) is 0 Å². The van der Waals surface area contributed by atoms with E-state index in [1.165, 1.54) is 12.1 Å². The number of hydrogen-bond donors (Lipinski definition) is 1. The standard InChI is InChI=1S/C16H15FN2/c1-11-6-7-13(10-18)8-16(11)19-12(2)14-4-3-5-15(17)9-14/h3-9,12,19H,1-2H3. The lowest BCUT2D eigenvalue weighted by Crippen LogP contribution is -2.08. The topological polar surface area (TPSA) is 35.8 Å². The minimum Gasteiger partial charge on any atom is -0.378 e. The predicted octanol–water partition coefficient (Wildman–Crippen LogP) is 4.18. The van der Waals surface area contributed by atoms with Gasteiger partial charge in [-0.05, 0) is 49.2 Å². The highest BCUT2D eigenvalue weighted by Crippen LogP contribution is 2.23. The number of benzene rings is 2. The summed E-state index contributed by atoms with van der Waals surface area (Å²) in [5.41, 5.74) is 3.44. The zero-order chi connectivity index (χ0) is 13.8. The van der Waals surface area contributed by atoms with Crippen LogP contribution in [-0.2, 0) is 0 Å². The summed E-state index contributed by atoms with van der Waals surface area (Å²) in [6.45, 7) is 3.94. The van der Waals surface area contributed by atoms with E-state index in [-0.39, 0.29) is 11.9 Å². The minimum absolute atomic E-state index is 0.0247. The second-order valence-corrected chi connectivity index (χ2v) is 4.56. The van der Waals surface area contributed by atoms with Crippen LogP contribution in [0.4, 0.5) is 10.1 Å². The Morgan fingerprint density at radius 3 is 2.68 bits per heavy atom. The van der Waals surface area contributed by atoms with E-state index in [4.69, 9.17) is 5.26 Å². The van der Waals surface area contributed by atoms with Crippen molar-refractivity contribution in [2.24, 2.45) is 0 Å². The zero-order valence-electron chi connectivity index (χ0n) is 10.9. The van der Waals surface area contributed by atoms with Crippen LogP contribution in [0.3, 0.4) is 0 Å². The van der Waals surface area contributed by atoms with Crippen molar-refractivity contribution in [2.45, 2.75) is 19.9 Å². The fourth-order valence-corrected chi connectivity index (χ4v) is 1.94. The lowest BCUT2D eigenvalue weighted by atomic mass is 10.1. The minimum atomic E-state index is -0.242. The van der Waals surface area contributed by atoms with E-state index >= 15 is 0 Å². The van der Waals surface area contributed by atoms with E-state index in [1.807, 2.05) is 32.0 Å². The highest BCUT2D eigenvalue weighted by atomic mass is 19.1. The molecule has 1 N–H and O–H groups in total. The van der Waals surface area contributed by atoms with Gasteiger partial charge < -0.3 is 5.32 Å². The van der Waals surface area contributed by atoms with Crippen molar-refractivity contribution in [3.63, 3.8) is 0 Å². The number of nitrogens with zero attached hydrogens (tertiary/aromatic N) is 1. The van der Waals surface area contributed by atoms with E-state index < -0.39 is 0 Å². The number of hydrogen-bond acceptors (Lipinski definition) is 2. The summed E-state index contributed by atoms with van der Waals surface area (Å²) in [4.78, 5) is 0. The van der Waals surface area contributed by atoms with Crippen LogP contribution >= 0.6 is 0 Å². The normalized spacial score (nSPS) is 11.7. The molecule has 0 radical (unpaired) electrons. The molecule has 0 spiro atoms. The number of anilines is 1. The van der Waals surface area contributed by atoms with Crippen LogP contribution in [0.1, 0.15) is 29.7 Å². The lowest BCUT2D eigenvalue weighted by Gasteiger charge is -2.17. The van der Waals surface area contributed by atoms with Crippen molar-refractivity contribution in [3.05, 3.63) is 65.0 Å². The molecule has 0 fully saturated rings. The molecule has 0 bridgehead atoms. The maximum atomic E-state index is 13.2. The van der Waals surface area contributed by atoms with Crippen LogP contribution < -0.4 is 5.32 Å². The zero-order valence-corrected chi connectivity index (χ0v) is 10.9. The van der Waals surface area contributed by atoms with Crippen LogP contribution in [0, 0.1) is 24.1 Å². The highest BCUT2D eigenvalue weighted by molar-refractivity contribution is 5.56. The number of halogens is 1. The van der Waals surface area contributed by atoms with Crippen LogP contribution in [0.2, 0.25) is 0 Å². The first kappa shape index (κ1) is 13.1. The van der Waals surface area contributed by atoms with Crippen LogP contribution in [0.15, 0.2) is 42.5 Å². The first-order chi connectivity index (χ1) is 9.10. The first-order valence-electron chi connectivity index (χ1n) is 6.13. The van der Waals surface area contributed by atoms with Gasteiger partial charge >= 0.3 is 0 Å². The largest absolute Gasteiger partial charge is 0.378 e. The lowest BCUT2D eigenvalue weighted by molar-refractivity contribution is 0.623. The molecular weight excluding hydrogens is 239 g/mol. The molecular formula is C16H15FN2. The molecule has 2 nitrogen and oxygen atoms in total. The number of aryl methyl sites for hydroxylation is 1. The van der Waals surface area contributed by atoms with Crippen molar-refractivity contribution >= 4 is 5.69 Å². The van der Waals surface area contributed by atoms with Crippen molar-refractivity contribution < 1.29 is 4.39 Å². The molecule has 2 aromatic carbocycles. The smallest absolute Gasteiger partial charge is 0.123 e. The summed E-state index contributed by atoms with van der Waals surface area (Å²) >= 11 is 0. The third kappa shape index (κ3) is 3.11. The van der Waals surface area contributed by atoms with E-state index in [2.05, 4.69) is 11.4 Å². The molecule has 0 amide bonds. The van der Waals surface area contributed by atoms with E-state index in [0.717, 1.165) is 16.8 Å². The first-order valence-corrected chi connectivity index (χ1v) is 6.13. The SMILES string of the molecule is Cc1ccc(C#N)cc1NC(C)c1cccc(F)c1. The summed E-state index contributed by atoms with van der Waals surface area (Å²) in [5, 5.41) is 12.2. The van der Waals surface area contributed by atoms with Crippen molar-refractivity contribution in [2.75, 3.05) is 5.32 Å². The Bertz CT molecular complexity index is 629. The summed E-state index contributed by atoms with van der Waals surface area (Å²) in [5.74, 6) is -0.242. The van der Waals surface area contributed by atoms with Crippen LogP contribution in [0.25, 0.3) is 0 Å². The molecule has 96 valence electrons. The quantitative estimate of drug-likeness (QED) is 0.891. The Balaban J connectivity index is 2.24. The summed E-state index contributed by atoms with van der Waals surface area (Å²) in [6.07, 6.45) is 0. The van der Waals surface area contributed by atoms with Crippen LogP contribution in [-0.4, -0.2) is 0 Å². The van der Waals surface area contributed by atoms with Gasteiger partial charge in [0.15, 0.2) is 0 Å². The van der Waals surface area contributed by atoms with Crippen LogP contribution in [0.5, 0.6) is 0 Å². The van der Waals surface area contributed by atoms with E-state index in [9.17, 15) is 4.39 Å². The van der Waals surface area contributed by atoms with Crippen molar-refractivity contribution in [3.8, 4) is 6.07 Å². The summed E-state index contributed by atoms with van der Waals surface area (Å²) in [6, 6.07) is 14.1. The molecule has 0 saturated carbocycles. The average molecular weight is 254 g/mol. The molecule has 0 aliphatic rings. The number of rotatable bonds is 3. The summed E-state index contributed by atoms with van der Waals surface area (Å²) in [7, 11) is 0. The van der Waals surface area contributed by atoms with Gasteiger partial charge in [0.1, 0.15) is 5.82 Å². The molecule has 1 unspecified atom stereocenters. The Labute approximate surface area is 112 Å². The van der Waals surface area contributed by atoms with E-state index in [0.29, 0.717) is 5.56 Å². The molecule has 0 aliphatic carbocycles. The third-order valence-electron chi connectivity index (χ3n) is 3.09. The predicted molar refractivity (Wildman–Crippen MR) is 74.3 cm³/mol. The Morgan fingerprint density at radius 2 is 2.00 bits per heavy atom. The van der Waals surface area contributed by atoms with Gasteiger partial charge in [0, 0.05) is 11.7 Å². The Morgan fingerprint density at radius 1 is 1.21 bits per heavy atom. The van der Waals surface area contributed by atoms with Gasteiger partial charge in [0.25, 0.3) is 0 Å². The fourth-order valence-electron chi connectivity index (χ4n) is 1.94. The molecule has 19 heavy (non-hydrogen) atoms.